The van der Waals surface area contributed by atoms with E-state index in [1.807, 2.05) is 28.0 Å². The number of nitrogens with one attached hydrogen (secondary N) is 1. The molecule has 0 atom stereocenters. The van der Waals surface area contributed by atoms with Crippen molar-refractivity contribution in [3.8, 4) is 0 Å². The molecule has 0 bridgehead atoms. The summed E-state index contributed by atoms with van der Waals surface area (Å²) in [7, 11) is 0. The molecule has 6 heteroatoms. The molecule has 2 aliphatic rings. The van der Waals surface area contributed by atoms with Gasteiger partial charge in [0.2, 0.25) is 0 Å². The third-order valence-corrected chi connectivity index (χ3v) is 5.98. The summed E-state index contributed by atoms with van der Waals surface area (Å²) in [5.41, 5.74) is 1.21. The summed E-state index contributed by atoms with van der Waals surface area (Å²) in [6.45, 7) is 2.41. The Balaban J connectivity index is 1.32. The van der Waals surface area contributed by atoms with Crippen LogP contribution in [0.3, 0.4) is 0 Å². The van der Waals surface area contributed by atoms with Crippen molar-refractivity contribution in [1.82, 2.24) is 9.88 Å². The Hall–Kier alpha value is -2.63. The minimum absolute atomic E-state index is 0.00769. The van der Waals surface area contributed by atoms with Crippen LogP contribution >= 0.6 is 0 Å². The third kappa shape index (κ3) is 4.86. The number of pyridine rings is 1. The van der Waals surface area contributed by atoms with Crippen LogP contribution in [-0.2, 0) is 0 Å². The van der Waals surface area contributed by atoms with Crippen LogP contribution in [0.25, 0.3) is 0 Å². The van der Waals surface area contributed by atoms with E-state index in [9.17, 15) is 9.18 Å². The van der Waals surface area contributed by atoms with Gasteiger partial charge in [0.15, 0.2) is 0 Å². The van der Waals surface area contributed by atoms with E-state index in [0.29, 0.717) is 43.5 Å². The minimum Gasteiger partial charge on any atom is -0.367 e. The van der Waals surface area contributed by atoms with E-state index in [-0.39, 0.29) is 11.7 Å². The van der Waals surface area contributed by atoms with Crippen LogP contribution < -0.4 is 10.2 Å². The molecule has 2 fully saturated rings. The first-order chi connectivity index (χ1) is 14.2. The molecule has 1 saturated carbocycles. The standard InChI is InChI=1S/C23H29FN4O/c24-20-9-5-6-10-21(20)27-13-15-28(16-14-27)23(29)18-11-12-22(25-17-18)26-19-7-3-1-2-4-8-19/h5-6,9-12,17,19H,1-4,7-8,13-16H2,(H,25,26). The van der Waals surface area contributed by atoms with Crippen LogP contribution in [0.1, 0.15) is 48.9 Å². The number of amides is 1. The van der Waals surface area contributed by atoms with Crippen molar-refractivity contribution in [2.45, 2.75) is 44.6 Å². The molecule has 2 aromatic rings. The number of para-hydroxylation sites is 1. The highest BCUT2D eigenvalue weighted by Crippen LogP contribution is 2.22. The van der Waals surface area contributed by atoms with Gasteiger partial charge in [-0.1, -0.05) is 37.8 Å². The predicted octanol–water partition coefficient (Wildman–Crippen LogP) is 4.32. The summed E-state index contributed by atoms with van der Waals surface area (Å²) >= 11 is 0. The maximum absolute atomic E-state index is 14.0. The van der Waals surface area contributed by atoms with Crippen molar-refractivity contribution in [1.29, 1.82) is 0 Å². The highest BCUT2D eigenvalue weighted by atomic mass is 19.1. The summed E-state index contributed by atoms with van der Waals surface area (Å²) in [5, 5.41) is 3.52. The Morgan fingerprint density at radius 3 is 2.34 bits per heavy atom. The predicted molar refractivity (Wildman–Crippen MR) is 114 cm³/mol. The number of nitrogens with zero attached hydrogens (tertiary/aromatic N) is 3. The molecule has 1 saturated heterocycles. The van der Waals surface area contributed by atoms with Gasteiger partial charge in [-0.3, -0.25) is 4.79 Å². The highest BCUT2D eigenvalue weighted by Gasteiger charge is 2.24. The zero-order valence-electron chi connectivity index (χ0n) is 16.8. The molecule has 0 spiro atoms. The van der Waals surface area contributed by atoms with E-state index < -0.39 is 0 Å². The number of halogens is 1. The number of carbonyl (C=O) groups excluding carboxylic acids is 1. The van der Waals surface area contributed by atoms with Gasteiger partial charge in [0, 0.05) is 38.4 Å². The zero-order valence-corrected chi connectivity index (χ0v) is 16.8. The second-order valence-corrected chi connectivity index (χ2v) is 8.00. The van der Waals surface area contributed by atoms with E-state index in [0.717, 1.165) is 5.82 Å². The molecule has 29 heavy (non-hydrogen) atoms. The average Bonchev–Trinajstić information content (AvgIpc) is 3.03. The molecule has 4 rings (SSSR count). The molecular formula is C23H29FN4O. The largest absolute Gasteiger partial charge is 0.367 e. The molecule has 1 amide bonds. The first-order valence-corrected chi connectivity index (χ1v) is 10.7. The van der Waals surface area contributed by atoms with Crippen molar-refractivity contribution in [3.05, 3.63) is 54.0 Å². The Morgan fingerprint density at radius 1 is 0.966 bits per heavy atom. The van der Waals surface area contributed by atoms with E-state index in [2.05, 4.69) is 10.3 Å². The summed E-state index contributed by atoms with van der Waals surface area (Å²) in [6, 6.07) is 11.1. The molecule has 154 valence electrons. The van der Waals surface area contributed by atoms with Gasteiger partial charge in [0.25, 0.3) is 5.91 Å². The Morgan fingerprint density at radius 2 is 1.69 bits per heavy atom. The number of anilines is 2. The van der Waals surface area contributed by atoms with Gasteiger partial charge in [-0.2, -0.15) is 0 Å². The number of rotatable bonds is 4. The Kier molecular flexibility index (Phi) is 6.27. The molecule has 1 aromatic carbocycles. The smallest absolute Gasteiger partial charge is 0.255 e. The first-order valence-electron chi connectivity index (χ1n) is 10.7. The number of hydrogen-bond donors (Lipinski definition) is 1. The topological polar surface area (TPSA) is 48.5 Å². The fourth-order valence-corrected chi connectivity index (χ4v) is 4.28. The molecule has 1 aliphatic carbocycles. The Bertz CT molecular complexity index is 810. The molecule has 1 N–H and O–H groups in total. The molecular weight excluding hydrogens is 367 g/mol. The van der Waals surface area contributed by atoms with E-state index in [4.69, 9.17) is 0 Å². The lowest BCUT2D eigenvalue weighted by atomic mass is 10.1. The third-order valence-electron chi connectivity index (χ3n) is 5.98. The Labute approximate surface area is 171 Å². The fraction of sp³-hybridized carbons (Fsp3) is 0.478. The second-order valence-electron chi connectivity index (χ2n) is 8.00. The minimum atomic E-state index is -0.215. The van der Waals surface area contributed by atoms with Gasteiger partial charge in [-0.25, -0.2) is 9.37 Å². The van der Waals surface area contributed by atoms with Crippen LogP contribution in [0.15, 0.2) is 42.6 Å². The lowest BCUT2D eigenvalue weighted by Gasteiger charge is -2.36. The summed E-state index contributed by atoms with van der Waals surface area (Å²) in [5.74, 6) is 0.623. The quantitative estimate of drug-likeness (QED) is 0.782. The SMILES string of the molecule is O=C(c1ccc(NC2CCCCCC2)nc1)N1CCN(c2ccccc2F)CC1. The van der Waals surface area contributed by atoms with Crippen molar-refractivity contribution in [3.63, 3.8) is 0 Å². The molecule has 2 heterocycles. The highest BCUT2D eigenvalue weighted by molar-refractivity contribution is 5.94. The molecule has 0 radical (unpaired) electrons. The maximum Gasteiger partial charge on any atom is 0.255 e. The summed E-state index contributed by atoms with van der Waals surface area (Å²) in [6.07, 6.45) is 9.24. The lowest BCUT2D eigenvalue weighted by molar-refractivity contribution is 0.0746. The van der Waals surface area contributed by atoms with Gasteiger partial charge in [-0.05, 0) is 37.1 Å². The first kappa shape index (κ1) is 19.7. The monoisotopic (exact) mass is 396 g/mol. The number of aromatic nitrogens is 1. The van der Waals surface area contributed by atoms with Crippen LogP contribution in [0, 0.1) is 5.82 Å². The van der Waals surface area contributed by atoms with Gasteiger partial charge in [0.05, 0.1) is 11.3 Å². The van der Waals surface area contributed by atoms with Crippen molar-refractivity contribution >= 4 is 17.4 Å². The number of carbonyl (C=O) groups is 1. The number of benzene rings is 1. The normalized spacial score (nSPS) is 18.4. The molecule has 0 unspecified atom stereocenters. The van der Waals surface area contributed by atoms with Gasteiger partial charge >= 0.3 is 0 Å². The van der Waals surface area contributed by atoms with Crippen molar-refractivity contribution < 1.29 is 9.18 Å². The van der Waals surface area contributed by atoms with Crippen LogP contribution in [0.4, 0.5) is 15.9 Å². The lowest BCUT2D eigenvalue weighted by Crippen LogP contribution is -2.49. The molecule has 5 nitrogen and oxygen atoms in total. The average molecular weight is 397 g/mol. The fourth-order valence-electron chi connectivity index (χ4n) is 4.28. The van der Waals surface area contributed by atoms with Crippen LogP contribution in [-0.4, -0.2) is 48.0 Å². The zero-order chi connectivity index (χ0) is 20.1. The van der Waals surface area contributed by atoms with Crippen LogP contribution in [0.2, 0.25) is 0 Å². The van der Waals surface area contributed by atoms with Crippen molar-refractivity contribution in [2.75, 3.05) is 36.4 Å². The van der Waals surface area contributed by atoms with Gasteiger partial charge in [-0.15, -0.1) is 0 Å². The molecule has 1 aliphatic heterocycles. The summed E-state index contributed by atoms with van der Waals surface area (Å²) in [4.78, 5) is 21.1. The number of hydrogen-bond acceptors (Lipinski definition) is 4. The summed E-state index contributed by atoms with van der Waals surface area (Å²) < 4.78 is 14.0. The van der Waals surface area contributed by atoms with Gasteiger partial charge in [0.1, 0.15) is 11.6 Å². The number of piperazine rings is 1. The molecule has 1 aromatic heterocycles. The van der Waals surface area contributed by atoms with E-state index >= 15 is 0 Å². The van der Waals surface area contributed by atoms with Gasteiger partial charge < -0.3 is 15.1 Å². The van der Waals surface area contributed by atoms with E-state index in [1.54, 1.807) is 18.3 Å². The van der Waals surface area contributed by atoms with E-state index in [1.165, 1.54) is 44.6 Å². The maximum atomic E-state index is 14.0. The van der Waals surface area contributed by atoms with Crippen molar-refractivity contribution in [2.24, 2.45) is 0 Å². The second kappa shape index (κ2) is 9.25. The van der Waals surface area contributed by atoms with Crippen LogP contribution in [0.5, 0.6) is 0 Å².